The van der Waals surface area contributed by atoms with Gasteiger partial charge in [-0.2, -0.15) is 0 Å². The van der Waals surface area contributed by atoms with Crippen molar-refractivity contribution in [3.63, 3.8) is 0 Å². The zero-order valence-corrected chi connectivity index (χ0v) is 16.0. The van der Waals surface area contributed by atoms with Crippen LogP contribution in [0.3, 0.4) is 0 Å². The number of rotatable bonds is 6. The van der Waals surface area contributed by atoms with Gasteiger partial charge in [0.25, 0.3) is 5.69 Å². The maximum Gasteiger partial charge on any atom is 0.269 e. The molecule has 0 unspecified atom stereocenters. The molecule has 0 aliphatic rings. The van der Waals surface area contributed by atoms with Crippen LogP contribution in [0.15, 0.2) is 64.2 Å². The summed E-state index contributed by atoms with van der Waals surface area (Å²) in [6, 6.07) is 15.2. The molecule has 4 aromatic rings. The molecule has 1 N–H and O–H groups in total. The van der Waals surface area contributed by atoms with Gasteiger partial charge in [0.2, 0.25) is 5.91 Å². The van der Waals surface area contributed by atoms with Gasteiger partial charge in [-0.1, -0.05) is 30.0 Å². The van der Waals surface area contributed by atoms with E-state index in [2.05, 4.69) is 15.5 Å². The number of amides is 1. The maximum atomic E-state index is 12.2. The maximum absolute atomic E-state index is 12.2. The fourth-order valence-electron chi connectivity index (χ4n) is 2.74. The quantitative estimate of drug-likeness (QED) is 0.292. The molecule has 0 atom stereocenters. The Morgan fingerprint density at radius 2 is 1.97 bits per heavy atom. The molecule has 0 saturated carbocycles. The van der Waals surface area contributed by atoms with Crippen LogP contribution >= 0.6 is 11.8 Å². The van der Waals surface area contributed by atoms with Gasteiger partial charge in [0, 0.05) is 30.3 Å². The van der Waals surface area contributed by atoms with Crippen molar-refractivity contribution < 1.29 is 14.1 Å². The van der Waals surface area contributed by atoms with Crippen molar-refractivity contribution in [2.75, 3.05) is 11.1 Å². The van der Waals surface area contributed by atoms with Crippen LogP contribution in [-0.4, -0.2) is 31.3 Å². The van der Waals surface area contributed by atoms with Crippen LogP contribution in [0.2, 0.25) is 0 Å². The minimum absolute atomic E-state index is 0.0328. The number of hydrogen-bond acceptors (Lipinski definition) is 7. The highest BCUT2D eigenvalue weighted by Gasteiger charge is 2.16. The molecule has 9 nitrogen and oxygen atoms in total. The number of fused-ring (bicyclic) bond motifs is 1. The Kier molecular flexibility index (Phi) is 5.00. The van der Waals surface area contributed by atoms with E-state index in [0.717, 1.165) is 11.0 Å². The zero-order chi connectivity index (χ0) is 20.4. The molecule has 0 aliphatic heterocycles. The van der Waals surface area contributed by atoms with E-state index in [1.165, 1.54) is 36.0 Å². The number of para-hydroxylation sites is 1. The van der Waals surface area contributed by atoms with Crippen LogP contribution < -0.4 is 5.32 Å². The molecule has 1 amide bonds. The van der Waals surface area contributed by atoms with Gasteiger partial charge in [0.05, 0.1) is 10.7 Å². The number of non-ortho nitro benzene ring substituents is 1. The number of thioether (sulfide) groups is 1. The summed E-state index contributed by atoms with van der Waals surface area (Å²) >= 11 is 1.23. The van der Waals surface area contributed by atoms with E-state index < -0.39 is 4.92 Å². The Hall–Kier alpha value is -3.66. The number of nitrogens with one attached hydrogen (secondary N) is 1. The third kappa shape index (κ3) is 3.97. The summed E-state index contributed by atoms with van der Waals surface area (Å²) in [7, 11) is 1.80. The molecule has 146 valence electrons. The molecule has 2 aromatic heterocycles. The number of nitrogens with zero attached hydrogens (tertiary/aromatic N) is 4. The second-order valence-electron chi connectivity index (χ2n) is 6.15. The predicted octanol–water partition coefficient (Wildman–Crippen LogP) is 3.87. The summed E-state index contributed by atoms with van der Waals surface area (Å²) in [5, 5.41) is 23.2. The van der Waals surface area contributed by atoms with Crippen molar-refractivity contribution in [3.8, 4) is 11.6 Å². The smallest absolute Gasteiger partial charge is 0.269 e. The Morgan fingerprint density at radius 3 is 2.69 bits per heavy atom. The van der Waals surface area contributed by atoms with Crippen molar-refractivity contribution in [2.24, 2.45) is 7.05 Å². The number of anilines is 1. The number of nitro groups is 1. The van der Waals surface area contributed by atoms with Crippen molar-refractivity contribution in [3.05, 3.63) is 64.7 Å². The molecule has 0 bridgehead atoms. The number of carbonyl (C=O) groups excluding carboxylic acids is 1. The van der Waals surface area contributed by atoms with E-state index in [9.17, 15) is 14.9 Å². The van der Waals surface area contributed by atoms with Crippen LogP contribution in [0.25, 0.3) is 22.6 Å². The average Bonchev–Trinajstić information content (AvgIpc) is 3.29. The van der Waals surface area contributed by atoms with E-state index >= 15 is 0 Å². The summed E-state index contributed by atoms with van der Waals surface area (Å²) < 4.78 is 7.58. The van der Waals surface area contributed by atoms with Crippen LogP contribution in [0.4, 0.5) is 11.4 Å². The Balaban J connectivity index is 1.41. The van der Waals surface area contributed by atoms with E-state index in [1.54, 1.807) is 11.6 Å². The molecule has 2 heterocycles. The summed E-state index contributed by atoms with van der Waals surface area (Å²) in [5.74, 6) is 1.03. The second kappa shape index (κ2) is 7.76. The molecule has 0 saturated heterocycles. The molecule has 0 radical (unpaired) electrons. The lowest BCUT2D eigenvalue weighted by atomic mass is 10.2. The zero-order valence-electron chi connectivity index (χ0n) is 15.2. The first-order valence-corrected chi connectivity index (χ1v) is 9.55. The van der Waals surface area contributed by atoms with Crippen molar-refractivity contribution >= 4 is 40.0 Å². The molecule has 10 heteroatoms. The first-order chi connectivity index (χ1) is 14.0. The Bertz CT molecular complexity index is 1170. The van der Waals surface area contributed by atoms with Crippen LogP contribution in [0, 0.1) is 10.1 Å². The number of hydrogen-bond donors (Lipinski definition) is 1. The van der Waals surface area contributed by atoms with Gasteiger partial charge in [-0.3, -0.25) is 14.9 Å². The van der Waals surface area contributed by atoms with Gasteiger partial charge >= 0.3 is 0 Å². The summed E-state index contributed by atoms with van der Waals surface area (Å²) in [4.78, 5) is 22.4. The number of carbonyl (C=O) groups is 1. The summed E-state index contributed by atoms with van der Waals surface area (Å²) in [5.41, 5.74) is 1.22. The van der Waals surface area contributed by atoms with Gasteiger partial charge < -0.3 is 14.3 Å². The standard InChI is InChI=1S/C19H15N5O4S/c1-23-18(16-10-12-4-2-3-5-15(12)28-16)21-22-19(23)29-11-17(25)20-13-6-8-14(9-7-13)24(26)27/h2-10H,11H2,1H3,(H,20,25). The molecule has 29 heavy (non-hydrogen) atoms. The number of aromatic nitrogens is 3. The lowest BCUT2D eigenvalue weighted by Crippen LogP contribution is -2.14. The molecule has 2 aromatic carbocycles. The molecule has 0 spiro atoms. The van der Waals surface area contributed by atoms with E-state index in [-0.39, 0.29) is 17.3 Å². The fourth-order valence-corrected chi connectivity index (χ4v) is 3.45. The molecule has 4 rings (SSSR count). The van der Waals surface area contributed by atoms with Gasteiger partial charge in [0.1, 0.15) is 5.58 Å². The highest BCUT2D eigenvalue weighted by Crippen LogP contribution is 2.28. The Labute approximate surface area is 168 Å². The average molecular weight is 409 g/mol. The van der Waals surface area contributed by atoms with Crippen LogP contribution in [0.5, 0.6) is 0 Å². The lowest BCUT2D eigenvalue weighted by molar-refractivity contribution is -0.384. The number of benzene rings is 2. The first-order valence-electron chi connectivity index (χ1n) is 8.57. The molecular formula is C19H15N5O4S. The normalized spacial score (nSPS) is 10.9. The molecular weight excluding hydrogens is 394 g/mol. The van der Waals surface area contributed by atoms with Gasteiger partial charge in [-0.05, 0) is 24.3 Å². The third-order valence-electron chi connectivity index (χ3n) is 4.18. The number of nitro benzene ring substituents is 1. The monoisotopic (exact) mass is 409 g/mol. The second-order valence-corrected chi connectivity index (χ2v) is 7.10. The van der Waals surface area contributed by atoms with Gasteiger partial charge in [-0.15, -0.1) is 10.2 Å². The predicted molar refractivity (Wildman–Crippen MR) is 109 cm³/mol. The first kappa shape index (κ1) is 18.7. The van der Waals surface area contributed by atoms with Crippen LogP contribution in [-0.2, 0) is 11.8 Å². The van der Waals surface area contributed by atoms with Crippen molar-refractivity contribution in [2.45, 2.75) is 5.16 Å². The van der Waals surface area contributed by atoms with Crippen molar-refractivity contribution in [1.82, 2.24) is 14.8 Å². The fraction of sp³-hybridized carbons (Fsp3) is 0.105. The van der Waals surface area contributed by atoms with Crippen LogP contribution in [0.1, 0.15) is 0 Å². The minimum Gasteiger partial charge on any atom is -0.453 e. The largest absolute Gasteiger partial charge is 0.453 e. The third-order valence-corrected chi connectivity index (χ3v) is 5.20. The Morgan fingerprint density at radius 1 is 1.21 bits per heavy atom. The number of furan rings is 1. The highest BCUT2D eigenvalue weighted by atomic mass is 32.2. The van der Waals surface area contributed by atoms with E-state index in [0.29, 0.717) is 22.4 Å². The topological polar surface area (TPSA) is 116 Å². The highest BCUT2D eigenvalue weighted by molar-refractivity contribution is 7.99. The van der Waals surface area contributed by atoms with Gasteiger partial charge in [0.15, 0.2) is 16.7 Å². The minimum atomic E-state index is -0.491. The summed E-state index contributed by atoms with van der Waals surface area (Å²) in [6.45, 7) is 0. The van der Waals surface area contributed by atoms with Crippen molar-refractivity contribution in [1.29, 1.82) is 0 Å². The SMILES string of the molecule is Cn1c(SCC(=O)Nc2ccc([N+](=O)[O-])cc2)nnc1-c1cc2ccccc2o1. The molecule has 0 fully saturated rings. The lowest BCUT2D eigenvalue weighted by Gasteiger charge is -2.05. The van der Waals surface area contributed by atoms with Gasteiger partial charge in [-0.25, -0.2) is 0 Å². The van der Waals surface area contributed by atoms with E-state index in [1.807, 2.05) is 30.3 Å². The summed E-state index contributed by atoms with van der Waals surface area (Å²) in [6.07, 6.45) is 0. The van der Waals surface area contributed by atoms with E-state index in [4.69, 9.17) is 4.42 Å². The molecule has 0 aliphatic carbocycles.